The molecule has 34 heavy (non-hydrogen) atoms. The average Bonchev–Trinajstić information content (AvgIpc) is 3.44. The number of benzene rings is 2. The van der Waals surface area contributed by atoms with E-state index < -0.39 is 18.1 Å². The Morgan fingerprint density at radius 3 is 2.32 bits per heavy atom. The number of hydrogen-bond donors (Lipinski definition) is 3. The molecule has 4 rings (SSSR count). The van der Waals surface area contributed by atoms with E-state index in [1.165, 1.54) is 10.9 Å². The Hall–Kier alpha value is -4.21. The van der Waals surface area contributed by atoms with Crippen molar-refractivity contribution in [2.45, 2.75) is 31.8 Å². The summed E-state index contributed by atoms with van der Waals surface area (Å²) in [4.78, 5) is 35.8. The number of hydrogen-bond acceptors (Lipinski definition) is 6. The second kappa shape index (κ2) is 10.2. The van der Waals surface area contributed by atoms with Gasteiger partial charge in [0, 0.05) is 12.5 Å². The van der Waals surface area contributed by atoms with Gasteiger partial charge in [-0.15, -0.1) is 5.10 Å². The van der Waals surface area contributed by atoms with Crippen LogP contribution < -0.4 is 10.6 Å². The Bertz CT molecular complexity index is 1160. The summed E-state index contributed by atoms with van der Waals surface area (Å²) in [5, 5.41) is 21.4. The van der Waals surface area contributed by atoms with Crippen molar-refractivity contribution >= 4 is 18.0 Å². The topological polar surface area (TPSA) is 135 Å². The lowest BCUT2D eigenvalue weighted by molar-refractivity contribution is -0.123. The van der Waals surface area contributed by atoms with Gasteiger partial charge in [0.2, 0.25) is 5.91 Å². The second-order valence-corrected chi connectivity index (χ2v) is 7.89. The zero-order valence-electron chi connectivity index (χ0n) is 18.6. The van der Waals surface area contributed by atoms with Gasteiger partial charge in [0.05, 0.1) is 12.7 Å². The number of amides is 2. The summed E-state index contributed by atoms with van der Waals surface area (Å²) in [5.74, 6) is -1.60. The highest BCUT2D eigenvalue weighted by Gasteiger charge is 2.29. The van der Waals surface area contributed by atoms with Crippen LogP contribution in [0.4, 0.5) is 4.79 Å². The van der Waals surface area contributed by atoms with E-state index in [9.17, 15) is 14.4 Å². The number of aromatic nitrogens is 3. The molecule has 176 valence electrons. The number of carboxylic acid groups (broad SMARTS) is 1. The molecule has 0 bridgehead atoms. The van der Waals surface area contributed by atoms with Crippen LogP contribution in [0, 0.1) is 0 Å². The first-order chi connectivity index (χ1) is 16.5. The number of nitrogens with one attached hydrogen (secondary N) is 2. The molecule has 1 aliphatic rings. The van der Waals surface area contributed by atoms with Gasteiger partial charge in [0.15, 0.2) is 5.69 Å². The summed E-state index contributed by atoms with van der Waals surface area (Å²) in [7, 11) is 0. The van der Waals surface area contributed by atoms with Crippen molar-refractivity contribution < 1.29 is 24.2 Å². The van der Waals surface area contributed by atoms with Gasteiger partial charge in [0.1, 0.15) is 12.6 Å². The van der Waals surface area contributed by atoms with Gasteiger partial charge >= 0.3 is 12.1 Å². The summed E-state index contributed by atoms with van der Waals surface area (Å²) in [5.41, 5.74) is 4.33. The number of aromatic carboxylic acids is 1. The SMILES string of the molecule is CC[C@@H](NC(=O)OCC1c2ccccc2-c2ccccc21)C(=O)NCCn1cc(C(=O)O)nn1. The molecule has 0 saturated heterocycles. The summed E-state index contributed by atoms with van der Waals surface area (Å²) in [6, 6.07) is 15.4. The van der Waals surface area contributed by atoms with Gasteiger partial charge in [-0.05, 0) is 28.7 Å². The number of ether oxygens (including phenoxy) is 1. The minimum absolute atomic E-state index is 0.0644. The van der Waals surface area contributed by atoms with E-state index in [4.69, 9.17) is 9.84 Å². The molecule has 1 aliphatic carbocycles. The van der Waals surface area contributed by atoms with Crippen molar-refractivity contribution in [3.8, 4) is 11.1 Å². The first kappa shape index (κ1) is 23.0. The molecule has 0 spiro atoms. The predicted molar refractivity (Wildman–Crippen MR) is 122 cm³/mol. The molecule has 0 fully saturated rings. The molecule has 3 N–H and O–H groups in total. The molecule has 1 atom stereocenters. The molecule has 10 heteroatoms. The monoisotopic (exact) mass is 463 g/mol. The van der Waals surface area contributed by atoms with E-state index >= 15 is 0 Å². The van der Waals surface area contributed by atoms with Crippen LogP contribution in [0.25, 0.3) is 11.1 Å². The lowest BCUT2D eigenvalue weighted by Gasteiger charge is -2.18. The Morgan fingerprint density at radius 1 is 1.09 bits per heavy atom. The minimum Gasteiger partial charge on any atom is -0.476 e. The van der Waals surface area contributed by atoms with E-state index in [0.29, 0.717) is 6.42 Å². The maximum absolute atomic E-state index is 12.5. The van der Waals surface area contributed by atoms with E-state index in [2.05, 4.69) is 33.1 Å². The minimum atomic E-state index is -1.17. The highest BCUT2D eigenvalue weighted by Crippen LogP contribution is 2.44. The van der Waals surface area contributed by atoms with Crippen molar-refractivity contribution in [1.82, 2.24) is 25.6 Å². The van der Waals surface area contributed by atoms with E-state index in [0.717, 1.165) is 22.3 Å². The average molecular weight is 463 g/mol. The van der Waals surface area contributed by atoms with Crippen LogP contribution >= 0.6 is 0 Å². The van der Waals surface area contributed by atoms with Crippen molar-refractivity contribution in [2.24, 2.45) is 0 Å². The van der Waals surface area contributed by atoms with Crippen LogP contribution in [-0.4, -0.2) is 57.3 Å². The highest BCUT2D eigenvalue weighted by molar-refractivity contribution is 5.86. The number of fused-ring (bicyclic) bond motifs is 3. The first-order valence-corrected chi connectivity index (χ1v) is 11.0. The van der Waals surface area contributed by atoms with Gasteiger partial charge in [-0.25, -0.2) is 14.3 Å². The number of carboxylic acids is 1. The van der Waals surface area contributed by atoms with Gasteiger partial charge < -0.3 is 20.5 Å². The van der Waals surface area contributed by atoms with Crippen LogP contribution in [0.1, 0.15) is 40.9 Å². The van der Waals surface area contributed by atoms with Gasteiger partial charge in [-0.3, -0.25) is 4.79 Å². The zero-order chi connectivity index (χ0) is 24.1. The highest BCUT2D eigenvalue weighted by atomic mass is 16.5. The van der Waals surface area contributed by atoms with E-state index in [-0.39, 0.29) is 37.2 Å². The number of carbonyl (C=O) groups is 3. The van der Waals surface area contributed by atoms with E-state index in [1.54, 1.807) is 6.92 Å². The molecule has 10 nitrogen and oxygen atoms in total. The van der Waals surface area contributed by atoms with Crippen LogP contribution in [0.15, 0.2) is 54.7 Å². The number of rotatable bonds is 9. The van der Waals surface area contributed by atoms with Gasteiger partial charge in [-0.2, -0.15) is 0 Å². The summed E-state index contributed by atoms with van der Waals surface area (Å²) < 4.78 is 6.84. The first-order valence-electron chi connectivity index (χ1n) is 11.0. The molecule has 1 heterocycles. The van der Waals surface area contributed by atoms with Gasteiger partial charge in [0.25, 0.3) is 0 Å². The molecule has 0 saturated carbocycles. The standard InChI is InChI=1S/C24H25N5O5/c1-2-20(22(30)25-11-12-29-13-21(23(31)32)27-28-29)26-24(33)34-14-19-17-9-5-3-7-15(17)16-8-4-6-10-18(16)19/h3-10,13,19-20H,2,11-12,14H2,1H3,(H,25,30)(H,26,33)(H,31,32)/t20-/m1/s1. The molecule has 2 amide bonds. The van der Waals surface area contributed by atoms with Crippen molar-refractivity contribution in [2.75, 3.05) is 13.2 Å². The zero-order valence-corrected chi connectivity index (χ0v) is 18.6. The quantitative estimate of drug-likeness (QED) is 0.443. The predicted octanol–water partition coefficient (Wildman–Crippen LogP) is 2.41. The Kier molecular flexibility index (Phi) is 6.86. The smallest absolute Gasteiger partial charge is 0.407 e. The van der Waals surface area contributed by atoms with Crippen LogP contribution in [0.2, 0.25) is 0 Å². The Morgan fingerprint density at radius 2 is 1.74 bits per heavy atom. The molecule has 2 aromatic carbocycles. The van der Waals surface area contributed by atoms with Crippen LogP contribution in [-0.2, 0) is 16.1 Å². The summed E-state index contributed by atoms with van der Waals surface area (Å²) >= 11 is 0. The van der Waals surface area contributed by atoms with Crippen LogP contribution in [0.3, 0.4) is 0 Å². The van der Waals surface area contributed by atoms with Crippen molar-refractivity contribution in [3.05, 3.63) is 71.5 Å². The third-order valence-electron chi connectivity index (χ3n) is 5.76. The van der Waals surface area contributed by atoms with Crippen molar-refractivity contribution in [3.63, 3.8) is 0 Å². The molecule has 0 radical (unpaired) electrons. The number of nitrogens with zero attached hydrogens (tertiary/aromatic N) is 3. The summed E-state index contributed by atoms with van der Waals surface area (Å²) in [6.45, 7) is 2.39. The third kappa shape index (κ3) is 4.90. The lowest BCUT2D eigenvalue weighted by Crippen LogP contribution is -2.47. The van der Waals surface area contributed by atoms with Gasteiger partial charge in [-0.1, -0.05) is 60.7 Å². The molecule has 0 aliphatic heterocycles. The molecule has 0 unspecified atom stereocenters. The number of carbonyl (C=O) groups excluding carboxylic acids is 2. The summed E-state index contributed by atoms with van der Waals surface area (Å²) in [6.07, 6.45) is 0.995. The van der Waals surface area contributed by atoms with Crippen molar-refractivity contribution in [1.29, 1.82) is 0 Å². The molecular formula is C24H25N5O5. The fourth-order valence-corrected chi connectivity index (χ4v) is 4.06. The Balaban J connectivity index is 1.28. The van der Waals surface area contributed by atoms with E-state index in [1.807, 2.05) is 36.4 Å². The molecule has 1 aromatic heterocycles. The fourth-order valence-electron chi connectivity index (χ4n) is 4.06. The normalized spacial score (nSPS) is 13.0. The lowest BCUT2D eigenvalue weighted by atomic mass is 9.98. The molecular weight excluding hydrogens is 438 g/mol. The largest absolute Gasteiger partial charge is 0.476 e. The fraction of sp³-hybridized carbons (Fsp3) is 0.292. The molecule has 3 aromatic rings. The number of alkyl carbamates (subject to hydrolysis) is 1. The van der Waals surface area contributed by atoms with Crippen LogP contribution in [0.5, 0.6) is 0 Å². The maximum Gasteiger partial charge on any atom is 0.407 e. The third-order valence-corrected chi connectivity index (χ3v) is 5.76. The Labute approximate surface area is 195 Å². The second-order valence-electron chi connectivity index (χ2n) is 7.89. The maximum atomic E-state index is 12.5.